The zero-order valence-electron chi connectivity index (χ0n) is 12.0. The predicted octanol–water partition coefficient (Wildman–Crippen LogP) is 0.778. The highest BCUT2D eigenvalue weighted by molar-refractivity contribution is 5.28. The van der Waals surface area contributed by atoms with Gasteiger partial charge in [0.1, 0.15) is 36.9 Å². The molecular weight excluding hydrogens is 306 g/mol. The van der Waals surface area contributed by atoms with E-state index in [1.165, 1.54) is 40.7 Å². The number of hydrogen-bond donors (Lipinski definition) is 1. The van der Waals surface area contributed by atoms with Crippen LogP contribution < -0.4 is 0 Å². The molecule has 0 aliphatic heterocycles. The first kappa shape index (κ1) is 15.2. The Labute approximate surface area is 130 Å². The van der Waals surface area contributed by atoms with Crippen molar-refractivity contribution < 1.29 is 13.9 Å². The highest BCUT2D eigenvalue weighted by Gasteiger charge is 2.36. The van der Waals surface area contributed by atoms with Crippen LogP contribution in [-0.4, -0.2) is 41.2 Å². The highest BCUT2D eigenvalue weighted by atomic mass is 19.1. The lowest BCUT2D eigenvalue weighted by Crippen LogP contribution is -2.41. The topological polar surface area (TPSA) is 81.6 Å². The van der Waals surface area contributed by atoms with Crippen LogP contribution in [0.2, 0.25) is 0 Å². The third-order valence-corrected chi connectivity index (χ3v) is 3.67. The molecule has 9 heteroatoms. The molecule has 0 radical (unpaired) electrons. The van der Waals surface area contributed by atoms with Crippen LogP contribution in [0.5, 0.6) is 0 Å². The molecule has 2 aromatic heterocycles. The molecule has 0 spiro atoms. The van der Waals surface area contributed by atoms with Crippen LogP contribution in [0, 0.1) is 11.6 Å². The minimum atomic E-state index is -1.10. The van der Waals surface area contributed by atoms with Crippen LogP contribution in [0.25, 0.3) is 0 Å². The van der Waals surface area contributed by atoms with Gasteiger partial charge in [0, 0.05) is 11.6 Å². The number of nitrogens with zero attached hydrogens (tertiary/aromatic N) is 6. The molecule has 1 aromatic carbocycles. The summed E-state index contributed by atoms with van der Waals surface area (Å²) >= 11 is 0. The molecule has 0 atom stereocenters. The van der Waals surface area contributed by atoms with Crippen molar-refractivity contribution >= 4 is 0 Å². The van der Waals surface area contributed by atoms with E-state index in [0.717, 1.165) is 12.1 Å². The van der Waals surface area contributed by atoms with Gasteiger partial charge in [0.25, 0.3) is 0 Å². The van der Waals surface area contributed by atoms with Gasteiger partial charge in [-0.25, -0.2) is 18.7 Å². The number of aliphatic hydroxyl groups excluding tert-OH is 1. The van der Waals surface area contributed by atoms with Crippen molar-refractivity contribution in [2.45, 2.75) is 18.5 Å². The fraction of sp³-hybridized carbons (Fsp3) is 0.286. The van der Waals surface area contributed by atoms with E-state index in [4.69, 9.17) is 0 Å². The Morgan fingerprint density at radius 2 is 1.61 bits per heavy atom. The van der Waals surface area contributed by atoms with Crippen molar-refractivity contribution in [2.75, 3.05) is 6.61 Å². The quantitative estimate of drug-likeness (QED) is 0.726. The van der Waals surface area contributed by atoms with Crippen molar-refractivity contribution in [3.8, 4) is 0 Å². The van der Waals surface area contributed by atoms with E-state index in [1.807, 2.05) is 0 Å². The number of aliphatic hydroxyl groups is 1. The van der Waals surface area contributed by atoms with Crippen LogP contribution in [0.3, 0.4) is 0 Å². The lowest BCUT2D eigenvalue weighted by molar-refractivity contribution is 0.144. The summed E-state index contributed by atoms with van der Waals surface area (Å²) in [7, 11) is 0. The largest absolute Gasteiger partial charge is 0.395 e. The molecule has 120 valence electrons. The van der Waals surface area contributed by atoms with E-state index in [0.29, 0.717) is 0 Å². The van der Waals surface area contributed by atoms with Gasteiger partial charge in [0.2, 0.25) is 0 Å². The number of benzene rings is 1. The van der Waals surface area contributed by atoms with E-state index in [2.05, 4.69) is 20.2 Å². The smallest absolute Gasteiger partial charge is 0.137 e. The van der Waals surface area contributed by atoms with E-state index in [-0.39, 0.29) is 18.7 Å². The second-order valence-corrected chi connectivity index (χ2v) is 5.25. The van der Waals surface area contributed by atoms with E-state index in [9.17, 15) is 13.9 Å². The summed E-state index contributed by atoms with van der Waals surface area (Å²) in [6.07, 6.45) is 5.62. The molecule has 7 nitrogen and oxygen atoms in total. The standard InChI is InChI=1S/C14H14F2N6O/c15-11-1-2-12(13(16)3-11)14(6-23,4-21-9-17-7-19-21)5-22-10-18-8-20-22/h1-3,7-10,23H,4-6H2. The maximum absolute atomic E-state index is 14.3. The monoisotopic (exact) mass is 320 g/mol. The predicted molar refractivity (Wildman–Crippen MR) is 75.2 cm³/mol. The summed E-state index contributed by atoms with van der Waals surface area (Å²) in [5.41, 5.74) is -0.925. The molecule has 0 saturated heterocycles. The first-order valence-corrected chi connectivity index (χ1v) is 6.84. The van der Waals surface area contributed by atoms with Crippen LogP contribution in [0.4, 0.5) is 8.78 Å². The average Bonchev–Trinajstić information content (AvgIpc) is 3.20. The van der Waals surface area contributed by atoms with Crippen LogP contribution in [0.1, 0.15) is 5.56 Å². The Hall–Kier alpha value is -2.68. The summed E-state index contributed by atoms with van der Waals surface area (Å²) < 4.78 is 30.5. The van der Waals surface area contributed by atoms with Crippen molar-refractivity contribution in [3.05, 3.63) is 60.7 Å². The zero-order valence-corrected chi connectivity index (χ0v) is 12.0. The summed E-state index contributed by atoms with van der Waals surface area (Å²) in [4.78, 5) is 7.70. The van der Waals surface area contributed by atoms with Crippen LogP contribution in [0.15, 0.2) is 43.5 Å². The lowest BCUT2D eigenvalue weighted by atomic mass is 9.80. The van der Waals surface area contributed by atoms with Crippen molar-refractivity contribution in [1.82, 2.24) is 29.5 Å². The van der Waals surface area contributed by atoms with E-state index < -0.39 is 23.7 Å². The molecule has 23 heavy (non-hydrogen) atoms. The van der Waals surface area contributed by atoms with E-state index in [1.54, 1.807) is 0 Å². The zero-order chi connectivity index (χ0) is 16.3. The average molecular weight is 320 g/mol. The molecule has 0 unspecified atom stereocenters. The van der Waals surface area contributed by atoms with Gasteiger partial charge in [0.05, 0.1) is 25.1 Å². The minimum absolute atomic E-state index is 0.145. The Kier molecular flexibility index (Phi) is 4.11. The number of hydrogen-bond acceptors (Lipinski definition) is 5. The van der Waals surface area contributed by atoms with Gasteiger partial charge in [-0.15, -0.1) is 0 Å². The fourth-order valence-corrected chi connectivity index (χ4v) is 2.57. The van der Waals surface area contributed by atoms with Gasteiger partial charge < -0.3 is 5.11 Å². The summed E-state index contributed by atoms with van der Waals surface area (Å²) in [6, 6.07) is 3.28. The molecule has 3 rings (SSSR count). The van der Waals surface area contributed by atoms with Gasteiger partial charge in [-0.2, -0.15) is 10.2 Å². The molecule has 0 aliphatic carbocycles. The van der Waals surface area contributed by atoms with Gasteiger partial charge >= 0.3 is 0 Å². The first-order chi connectivity index (χ1) is 11.1. The van der Waals surface area contributed by atoms with E-state index >= 15 is 0 Å². The van der Waals surface area contributed by atoms with Crippen LogP contribution in [-0.2, 0) is 18.5 Å². The second kappa shape index (κ2) is 6.21. The van der Waals surface area contributed by atoms with Gasteiger partial charge in [0.15, 0.2) is 0 Å². The third kappa shape index (κ3) is 3.09. The van der Waals surface area contributed by atoms with Crippen molar-refractivity contribution in [3.63, 3.8) is 0 Å². The molecule has 0 saturated carbocycles. The Balaban J connectivity index is 2.06. The minimum Gasteiger partial charge on any atom is -0.395 e. The Morgan fingerprint density at radius 3 is 2.04 bits per heavy atom. The van der Waals surface area contributed by atoms with Gasteiger partial charge in [-0.1, -0.05) is 6.07 Å². The van der Waals surface area contributed by atoms with Gasteiger partial charge in [-0.05, 0) is 6.07 Å². The van der Waals surface area contributed by atoms with Gasteiger partial charge in [-0.3, -0.25) is 9.36 Å². The molecule has 0 aliphatic rings. The number of halogens is 2. The molecular formula is C14H14F2N6O. The van der Waals surface area contributed by atoms with Crippen molar-refractivity contribution in [1.29, 1.82) is 0 Å². The molecule has 3 aromatic rings. The first-order valence-electron chi connectivity index (χ1n) is 6.84. The summed E-state index contributed by atoms with van der Waals surface area (Å²) in [5, 5.41) is 18.0. The molecule has 0 fully saturated rings. The molecule has 0 bridgehead atoms. The normalized spacial score (nSPS) is 11.8. The summed E-state index contributed by atoms with van der Waals surface area (Å²) in [5.74, 6) is -1.42. The number of rotatable bonds is 6. The highest BCUT2D eigenvalue weighted by Crippen LogP contribution is 2.30. The summed E-state index contributed by atoms with van der Waals surface area (Å²) in [6.45, 7) is -0.104. The van der Waals surface area contributed by atoms with Crippen molar-refractivity contribution in [2.24, 2.45) is 0 Å². The SMILES string of the molecule is OCC(Cn1cncn1)(Cn1cncn1)c1ccc(F)cc1F. The molecule has 0 amide bonds. The maximum atomic E-state index is 14.3. The Morgan fingerprint density at radius 1 is 1.00 bits per heavy atom. The fourth-order valence-electron chi connectivity index (χ4n) is 2.57. The number of aromatic nitrogens is 6. The Bertz CT molecular complexity index is 723. The van der Waals surface area contributed by atoms with Crippen LogP contribution >= 0.6 is 0 Å². The lowest BCUT2D eigenvalue weighted by Gasteiger charge is -2.32. The maximum Gasteiger partial charge on any atom is 0.137 e. The molecule has 2 heterocycles. The second-order valence-electron chi connectivity index (χ2n) is 5.25. The third-order valence-electron chi connectivity index (χ3n) is 3.67. The molecule has 1 N–H and O–H groups in total.